The Kier molecular flexibility index (Phi) is 5.25. The minimum absolute atomic E-state index is 0.0996. The molecular formula is C23H16ClNO5. The van der Waals surface area contributed by atoms with E-state index < -0.39 is 11.9 Å². The lowest BCUT2D eigenvalue weighted by atomic mass is 10.1. The largest absolute Gasteiger partial charge is 0.478 e. The van der Waals surface area contributed by atoms with E-state index in [0.717, 1.165) is 23.3 Å². The van der Waals surface area contributed by atoms with Gasteiger partial charge in [0.05, 0.1) is 5.39 Å². The fourth-order valence-electron chi connectivity index (χ4n) is 3.42. The van der Waals surface area contributed by atoms with Crippen molar-refractivity contribution in [3.05, 3.63) is 86.7 Å². The quantitative estimate of drug-likeness (QED) is 0.604. The van der Waals surface area contributed by atoms with Gasteiger partial charge in [0.2, 0.25) is 5.91 Å². The van der Waals surface area contributed by atoms with Gasteiger partial charge in [0, 0.05) is 34.5 Å². The Bertz CT molecular complexity index is 1300. The molecule has 30 heavy (non-hydrogen) atoms. The van der Waals surface area contributed by atoms with Crippen molar-refractivity contribution in [2.24, 2.45) is 0 Å². The van der Waals surface area contributed by atoms with Crippen LogP contribution in [0.3, 0.4) is 0 Å². The summed E-state index contributed by atoms with van der Waals surface area (Å²) in [6.07, 6.45) is 4.83. The van der Waals surface area contributed by atoms with Crippen LogP contribution >= 0.6 is 11.6 Å². The molecule has 2 N–H and O–H groups in total. The van der Waals surface area contributed by atoms with Crippen LogP contribution in [0.5, 0.6) is 0 Å². The van der Waals surface area contributed by atoms with Crippen molar-refractivity contribution in [1.82, 2.24) is 0 Å². The van der Waals surface area contributed by atoms with E-state index >= 15 is 0 Å². The van der Waals surface area contributed by atoms with Gasteiger partial charge in [0.25, 0.3) is 0 Å². The molecule has 1 aromatic heterocycles. The molecule has 0 atom stereocenters. The Morgan fingerprint density at radius 1 is 1.10 bits per heavy atom. The van der Waals surface area contributed by atoms with E-state index in [4.69, 9.17) is 21.1 Å². The molecule has 0 fully saturated rings. The molecule has 1 aliphatic carbocycles. The van der Waals surface area contributed by atoms with Crippen molar-refractivity contribution in [3.63, 3.8) is 0 Å². The summed E-state index contributed by atoms with van der Waals surface area (Å²) in [7, 11) is 0. The van der Waals surface area contributed by atoms with Gasteiger partial charge in [-0.15, -0.1) is 0 Å². The van der Waals surface area contributed by atoms with Gasteiger partial charge in [-0.2, -0.15) is 0 Å². The smallest absolute Gasteiger partial charge is 0.328 e. The summed E-state index contributed by atoms with van der Waals surface area (Å²) in [6.45, 7) is 0. The van der Waals surface area contributed by atoms with E-state index in [9.17, 15) is 14.4 Å². The molecule has 1 amide bonds. The second-order valence-electron chi connectivity index (χ2n) is 6.80. The number of nitrogens with one attached hydrogen (secondary N) is 1. The van der Waals surface area contributed by atoms with Crippen molar-refractivity contribution >= 4 is 51.8 Å². The third kappa shape index (κ3) is 3.90. The number of carboxylic acid groups (broad SMARTS) is 1. The highest BCUT2D eigenvalue weighted by Gasteiger charge is 2.24. The molecular weight excluding hydrogens is 406 g/mol. The topological polar surface area (TPSA) is 96.6 Å². The first-order valence-corrected chi connectivity index (χ1v) is 9.57. The second kappa shape index (κ2) is 8.00. The Balaban J connectivity index is 1.73. The first kappa shape index (κ1) is 19.7. The van der Waals surface area contributed by atoms with Crippen LogP contribution in [0.4, 0.5) is 5.69 Å². The first-order valence-electron chi connectivity index (χ1n) is 9.19. The van der Waals surface area contributed by atoms with Crippen LogP contribution in [0.15, 0.2) is 63.8 Å². The number of aliphatic carboxylic acids is 1. The van der Waals surface area contributed by atoms with Crippen LogP contribution in [-0.4, -0.2) is 17.0 Å². The van der Waals surface area contributed by atoms with Crippen molar-refractivity contribution < 1.29 is 19.1 Å². The molecule has 0 spiro atoms. The summed E-state index contributed by atoms with van der Waals surface area (Å²) in [6, 6.07) is 12.1. The van der Waals surface area contributed by atoms with Gasteiger partial charge in [-0.05, 0) is 48.3 Å². The number of hydrogen-bond acceptors (Lipinski definition) is 4. The molecule has 0 radical (unpaired) electrons. The van der Waals surface area contributed by atoms with Gasteiger partial charge in [-0.1, -0.05) is 29.8 Å². The van der Waals surface area contributed by atoms with Crippen LogP contribution in [0.25, 0.3) is 22.6 Å². The van der Waals surface area contributed by atoms with Gasteiger partial charge in [0.1, 0.15) is 11.3 Å². The molecule has 3 aromatic rings. The second-order valence-corrected chi connectivity index (χ2v) is 7.21. The lowest BCUT2D eigenvalue weighted by molar-refractivity contribution is -0.131. The van der Waals surface area contributed by atoms with Crippen LogP contribution in [0, 0.1) is 0 Å². The molecule has 0 saturated carbocycles. The van der Waals surface area contributed by atoms with Crippen LogP contribution in [0.2, 0.25) is 5.02 Å². The zero-order valence-corrected chi connectivity index (χ0v) is 16.4. The zero-order valence-electron chi connectivity index (χ0n) is 15.6. The molecule has 6 nitrogen and oxygen atoms in total. The molecule has 0 unspecified atom stereocenters. The Morgan fingerprint density at radius 3 is 2.67 bits per heavy atom. The average molecular weight is 422 g/mol. The third-order valence-electron chi connectivity index (χ3n) is 4.80. The average Bonchev–Trinajstić information content (AvgIpc) is 3.11. The van der Waals surface area contributed by atoms with Gasteiger partial charge in [-0.3, -0.25) is 9.59 Å². The van der Waals surface area contributed by atoms with Gasteiger partial charge >= 0.3 is 5.97 Å². The summed E-state index contributed by atoms with van der Waals surface area (Å²) in [5.74, 6) is -1.29. The minimum Gasteiger partial charge on any atom is -0.478 e. The number of allylic oxidation sites excluding steroid dienone is 1. The van der Waals surface area contributed by atoms with Gasteiger partial charge in [-0.25, -0.2) is 4.79 Å². The van der Waals surface area contributed by atoms with Crippen LogP contribution < -0.4 is 10.7 Å². The van der Waals surface area contributed by atoms with Crippen molar-refractivity contribution in [3.8, 4) is 0 Å². The van der Waals surface area contributed by atoms with Crippen molar-refractivity contribution in [1.29, 1.82) is 0 Å². The molecule has 2 aromatic carbocycles. The monoisotopic (exact) mass is 421 g/mol. The molecule has 1 aliphatic rings. The van der Waals surface area contributed by atoms with E-state index in [0.29, 0.717) is 45.8 Å². The fourth-order valence-corrected chi connectivity index (χ4v) is 3.61. The Morgan fingerprint density at radius 2 is 1.90 bits per heavy atom. The first-order chi connectivity index (χ1) is 14.4. The van der Waals surface area contributed by atoms with Crippen LogP contribution in [-0.2, 0) is 16.0 Å². The molecule has 150 valence electrons. The third-order valence-corrected chi connectivity index (χ3v) is 5.15. The van der Waals surface area contributed by atoms with Crippen molar-refractivity contribution in [2.45, 2.75) is 12.8 Å². The van der Waals surface area contributed by atoms with E-state index in [2.05, 4.69) is 5.32 Å². The minimum atomic E-state index is -1.22. The summed E-state index contributed by atoms with van der Waals surface area (Å²) in [5.41, 5.74) is 2.98. The van der Waals surface area contributed by atoms with E-state index in [1.54, 1.807) is 24.3 Å². The standard InChI is InChI=1S/C23H16ClNO5/c24-18-4-2-1-3-13(18)11-14-5-7-17-22(29)16-8-6-15(12-19(16)30-23(14)17)25-20(26)9-10-21(27)28/h1-4,6,8-12H,5,7H2,(H,25,26)(H,27,28). The Hall–Kier alpha value is -3.64. The highest BCUT2D eigenvalue weighted by atomic mass is 35.5. The predicted octanol–water partition coefficient (Wildman–Crippen LogP) is 4.51. The lowest BCUT2D eigenvalue weighted by Crippen LogP contribution is -2.11. The molecule has 1 heterocycles. The number of hydrogen-bond donors (Lipinski definition) is 2. The highest BCUT2D eigenvalue weighted by Crippen LogP contribution is 2.35. The van der Waals surface area contributed by atoms with Crippen molar-refractivity contribution in [2.75, 3.05) is 5.32 Å². The van der Waals surface area contributed by atoms with E-state index in [1.165, 1.54) is 0 Å². The number of carbonyl (C=O) groups is 2. The van der Waals surface area contributed by atoms with Gasteiger partial charge < -0.3 is 14.8 Å². The summed E-state index contributed by atoms with van der Waals surface area (Å²) < 4.78 is 6.06. The summed E-state index contributed by atoms with van der Waals surface area (Å²) >= 11 is 6.25. The van der Waals surface area contributed by atoms with E-state index in [1.807, 2.05) is 24.3 Å². The molecule has 7 heteroatoms. The number of rotatable bonds is 4. The number of fused-ring (bicyclic) bond motifs is 2. The lowest BCUT2D eigenvalue weighted by Gasteiger charge is -2.07. The zero-order chi connectivity index (χ0) is 21.3. The number of halogens is 1. The molecule has 0 aliphatic heterocycles. The Labute approximate surface area is 176 Å². The molecule has 4 rings (SSSR count). The highest BCUT2D eigenvalue weighted by molar-refractivity contribution is 6.32. The van der Waals surface area contributed by atoms with Gasteiger partial charge in [0.15, 0.2) is 5.43 Å². The maximum atomic E-state index is 12.9. The fraction of sp³-hybridized carbons (Fsp3) is 0.0870. The SMILES string of the molecule is O=C(O)C=CC(=O)Nc1ccc2c(=O)c3c(oc2c1)C(=Cc1ccccc1Cl)CC3. The molecule has 0 bridgehead atoms. The number of benzene rings is 2. The number of anilines is 1. The van der Waals surface area contributed by atoms with E-state index in [-0.39, 0.29) is 5.43 Å². The number of carboxylic acids is 1. The maximum absolute atomic E-state index is 12.9. The summed E-state index contributed by atoms with van der Waals surface area (Å²) in [4.78, 5) is 35.3. The predicted molar refractivity (Wildman–Crippen MR) is 116 cm³/mol. The summed E-state index contributed by atoms with van der Waals surface area (Å²) in [5, 5.41) is 12.2. The normalized spacial score (nSPS) is 14.4. The van der Waals surface area contributed by atoms with Crippen LogP contribution in [0.1, 0.15) is 23.3 Å². The molecule has 0 saturated heterocycles. The maximum Gasteiger partial charge on any atom is 0.328 e. The number of carbonyl (C=O) groups excluding carboxylic acids is 1. The number of amides is 1.